The van der Waals surface area contributed by atoms with Crippen molar-refractivity contribution in [2.24, 2.45) is 5.73 Å². The van der Waals surface area contributed by atoms with E-state index in [0.29, 0.717) is 6.04 Å². The summed E-state index contributed by atoms with van der Waals surface area (Å²) in [7, 11) is 0. The van der Waals surface area contributed by atoms with Crippen LogP contribution in [0.25, 0.3) is 0 Å². The number of benzene rings is 1. The number of rotatable bonds is 4. The first-order chi connectivity index (χ1) is 8.65. The molecule has 1 aromatic rings. The van der Waals surface area contributed by atoms with Crippen molar-refractivity contribution in [3.63, 3.8) is 0 Å². The van der Waals surface area contributed by atoms with Gasteiger partial charge in [0.15, 0.2) is 0 Å². The number of hydrogen-bond acceptors (Lipinski definition) is 4. The smallest absolute Gasteiger partial charge is 0.269 e. The van der Waals surface area contributed by atoms with Crippen LogP contribution in [0.1, 0.15) is 18.4 Å². The Kier molecular flexibility index (Phi) is 4.28. The van der Waals surface area contributed by atoms with Crippen molar-refractivity contribution in [3.8, 4) is 0 Å². The lowest BCUT2D eigenvalue weighted by Crippen LogP contribution is -2.43. The zero-order chi connectivity index (χ0) is 13.0. The molecule has 1 aromatic carbocycles. The molecule has 1 saturated heterocycles. The van der Waals surface area contributed by atoms with Gasteiger partial charge in [0, 0.05) is 31.3 Å². The normalized spacial score (nSPS) is 20.8. The number of piperidine rings is 1. The van der Waals surface area contributed by atoms with E-state index < -0.39 is 0 Å². The molecule has 18 heavy (non-hydrogen) atoms. The average molecular weight is 249 g/mol. The topological polar surface area (TPSA) is 72.4 Å². The Hall–Kier alpha value is -1.46. The van der Waals surface area contributed by atoms with E-state index in [1.807, 2.05) is 12.1 Å². The lowest BCUT2D eigenvalue weighted by molar-refractivity contribution is -0.384. The van der Waals surface area contributed by atoms with E-state index in [-0.39, 0.29) is 10.6 Å². The van der Waals surface area contributed by atoms with Crippen molar-refractivity contribution < 1.29 is 4.92 Å². The molecule has 0 saturated carbocycles. The molecule has 1 fully saturated rings. The summed E-state index contributed by atoms with van der Waals surface area (Å²) in [6.07, 6.45) is 3.21. The van der Waals surface area contributed by atoms with E-state index in [4.69, 9.17) is 5.73 Å². The molecule has 2 rings (SSSR count). The van der Waals surface area contributed by atoms with Gasteiger partial charge in [0.05, 0.1) is 4.92 Å². The molecule has 5 heteroatoms. The van der Waals surface area contributed by atoms with Gasteiger partial charge < -0.3 is 10.6 Å². The standard InChI is InChI=1S/C13H19N3O2/c14-12-2-1-8-15(10-12)9-7-11-3-5-13(6-4-11)16(17)18/h3-6,12H,1-2,7-10,14H2/t12-/m1/s1. The van der Waals surface area contributed by atoms with E-state index in [2.05, 4.69) is 4.90 Å². The molecule has 5 nitrogen and oxygen atoms in total. The minimum absolute atomic E-state index is 0.152. The third-order valence-electron chi connectivity index (χ3n) is 3.41. The van der Waals surface area contributed by atoms with Gasteiger partial charge in [-0.1, -0.05) is 12.1 Å². The van der Waals surface area contributed by atoms with Crippen LogP contribution in [0.15, 0.2) is 24.3 Å². The first-order valence-corrected chi connectivity index (χ1v) is 6.36. The van der Waals surface area contributed by atoms with Gasteiger partial charge in [0.1, 0.15) is 0 Å². The highest BCUT2D eigenvalue weighted by Gasteiger charge is 2.16. The predicted octanol–water partition coefficient (Wildman–Crippen LogP) is 1.56. The monoisotopic (exact) mass is 249 g/mol. The highest BCUT2D eigenvalue weighted by atomic mass is 16.6. The zero-order valence-electron chi connectivity index (χ0n) is 10.4. The Morgan fingerprint density at radius 2 is 2.11 bits per heavy atom. The van der Waals surface area contributed by atoms with Gasteiger partial charge in [-0.3, -0.25) is 10.1 Å². The number of nitrogens with zero attached hydrogens (tertiary/aromatic N) is 2. The molecule has 2 N–H and O–H groups in total. The second-order valence-corrected chi connectivity index (χ2v) is 4.88. The number of nitrogens with two attached hydrogens (primary N) is 1. The molecule has 1 heterocycles. The van der Waals surface area contributed by atoms with Gasteiger partial charge in [0.2, 0.25) is 0 Å². The summed E-state index contributed by atoms with van der Waals surface area (Å²) in [5.74, 6) is 0. The fourth-order valence-corrected chi connectivity index (χ4v) is 2.37. The summed E-state index contributed by atoms with van der Waals surface area (Å²) in [6.45, 7) is 3.05. The number of hydrogen-bond donors (Lipinski definition) is 1. The molecule has 0 aliphatic carbocycles. The highest BCUT2D eigenvalue weighted by Crippen LogP contribution is 2.14. The summed E-state index contributed by atoms with van der Waals surface area (Å²) in [5, 5.41) is 10.5. The van der Waals surface area contributed by atoms with Crippen LogP contribution in [-0.4, -0.2) is 35.5 Å². The van der Waals surface area contributed by atoms with Gasteiger partial charge >= 0.3 is 0 Å². The maximum atomic E-state index is 10.5. The summed E-state index contributed by atoms with van der Waals surface area (Å²) in [6, 6.07) is 7.11. The zero-order valence-corrected chi connectivity index (χ0v) is 10.4. The molecule has 0 radical (unpaired) electrons. The Morgan fingerprint density at radius 1 is 1.39 bits per heavy atom. The van der Waals surface area contributed by atoms with Crippen LogP contribution in [0.3, 0.4) is 0 Å². The molecular weight excluding hydrogens is 230 g/mol. The van der Waals surface area contributed by atoms with Crippen LogP contribution in [0, 0.1) is 10.1 Å². The van der Waals surface area contributed by atoms with Crippen molar-refractivity contribution in [1.82, 2.24) is 4.90 Å². The van der Waals surface area contributed by atoms with Crippen molar-refractivity contribution in [1.29, 1.82) is 0 Å². The van der Waals surface area contributed by atoms with Crippen molar-refractivity contribution in [3.05, 3.63) is 39.9 Å². The van der Waals surface area contributed by atoms with Crippen LogP contribution in [0.5, 0.6) is 0 Å². The first-order valence-electron chi connectivity index (χ1n) is 6.36. The van der Waals surface area contributed by atoms with Gasteiger partial charge in [-0.25, -0.2) is 0 Å². The Labute approximate surface area is 107 Å². The summed E-state index contributed by atoms with van der Waals surface area (Å²) < 4.78 is 0. The Bertz CT molecular complexity index is 405. The summed E-state index contributed by atoms with van der Waals surface area (Å²) in [5.41, 5.74) is 7.22. The van der Waals surface area contributed by atoms with Crippen LogP contribution in [-0.2, 0) is 6.42 Å². The maximum absolute atomic E-state index is 10.5. The van der Waals surface area contributed by atoms with Crippen molar-refractivity contribution in [2.45, 2.75) is 25.3 Å². The number of nitro groups is 1. The van der Waals surface area contributed by atoms with E-state index in [1.54, 1.807) is 12.1 Å². The Morgan fingerprint density at radius 3 is 2.72 bits per heavy atom. The highest BCUT2D eigenvalue weighted by molar-refractivity contribution is 5.32. The largest absolute Gasteiger partial charge is 0.327 e. The molecule has 1 aliphatic rings. The van der Waals surface area contributed by atoms with Crippen LogP contribution in [0.2, 0.25) is 0 Å². The van der Waals surface area contributed by atoms with Crippen LogP contribution < -0.4 is 5.73 Å². The third-order valence-corrected chi connectivity index (χ3v) is 3.41. The lowest BCUT2D eigenvalue weighted by atomic mass is 10.1. The van der Waals surface area contributed by atoms with Crippen LogP contribution >= 0.6 is 0 Å². The SMILES string of the molecule is N[C@@H]1CCCN(CCc2ccc([N+](=O)[O-])cc2)C1. The minimum atomic E-state index is -0.368. The molecule has 0 spiro atoms. The van der Waals surface area contributed by atoms with Crippen molar-refractivity contribution in [2.75, 3.05) is 19.6 Å². The number of non-ortho nitro benzene ring substituents is 1. The Balaban J connectivity index is 1.84. The van der Waals surface area contributed by atoms with Gasteiger partial charge in [-0.15, -0.1) is 0 Å². The third kappa shape index (κ3) is 3.51. The molecule has 1 aliphatic heterocycles. The number of likely N-dealkylation sites (tertiary alicyclic amines) is 1. The second kappa shape index (κ2) is 5.93. The first kappa shape index (κ1) is 13.0. The predicted molar refractivity (Wildman–Crippen MR) is 70.4 cm³/mol. The molecule has 0 aromatic heterocycles. The summed E-state index contributed by atoms with van der Waals surface area (Å²) >= 11 is 0. The molecule has 98 valence electrons. The molecule has 0 amide bonds. The molecule has 0 bridgehead atoms. The molecule has 0 unspecified atom stereocenters. The number of nitro benzene ring substituents is 1. The molecular formula is C13H19N3O2. The lowest BCUT2D eigenvalue weighted by Gasteiger charge is -2.30. The van der Waals surface area contributed by atoms with Gasteiger partial charge in [0.25, 0.3) is 5.69 Å². The van der Waals surface area contributed by atoms with E-state index in [1.165, 1.54) is 6.42 Å². The van der Waals surface area contributed by atoms with Gasteiger partial charge in [-0.2, -0.15) is 0 Å². The fourth-order valence-electron chi connectivity index (χ4n) is 2.37. The fraction of sp³-hybridized carbons (Fsp3) is 0.538. The van der Waals surface area contributed by atoms with E-state index in [9.17, 15) is 10.1 Å². The minimum Gasteiger partial charge on any atom is -0.327 e. The van der Waals surface area contributed by atoms with Gasteiger partial charge in [-0.05, 0) is 31.4 Å². The average Bonchev–Trinajstić information content (AvgIpc) is 2.37. The van der Waals surface area contributed by atoms with Crippen molar-refractivity contribution >= 4 is 5.69 Å². The maximum Gasteiger partial charge on any atom is 0.269 e. The molecule has 1 atom stereocenters. The second-order valence-electron chi connectivity index (χ2n) is 4.88. The summed E-state index contributed by atoms with van der Waals surface area (Å²) in [4.78, 5) is 12.5. The van der Waals surface area contributed by atoms with E-state index >= 15 is 0 Å². The van der Waals surface area contributed by atoms with E-state index in [0.717, 1.165) is 38.0 Å². The van der Waals surface area contributed by atoms with Crippen LogP contribution in [0.4, 0.5) is 5.69 Å². The quantitative estimate of drug-likeness (QED) is 0.649.